The summed E-state index contributed by atoms with van der Waals surface area (Å²) in [6, 6.07) is 2.22. The lowest BCUT2D eigenvalue weighted by Gasteiger charge is -2.37. The van der Waals surface area contributed by atoms with E-state index in [0.29, 0.717) is 12.5 Å². The Balaban J connectivity index is 2.17. The van der Waals surface area contributed by atoms with Crippen LogP contribution in [0.4, 0.5) is 0 Å². The Kier molecular flexibility index (Phi) is 4.07. The largest absolute Gasteiger partial charge is 0.334 e. The maximum atomic E-state index is 12.5. The first kappa shape index (κ1) is 13.6. The number of hydrogen-bond acceptors (Lipinski definition) is 3. The summed E-state index contributed by atoms with van der Waals surface area (Å²) in [5, 5.41) is 0. The lowest BCUT2D eigenvalue weighted by molar-refractivity contribution is 0.0578. The van der Waals surface area contributed by atoms with Crippen LogP contribution in [0.5, 0.6) is 0 Å². The third-order valence-corrected chi connectivity index (χ3v) is 5.03. The first-order chi connectivity index (χ1) is 8.52. The number of carbonyl (C=O) groups excluding carboxylic acids is 1. The van der Waals surface area contributed by atoms with E-state index >= 15 is 0 Å². The SMILES string of the molecule is Cc1cc(C(=O)N2CCC(C)CC2CN)sc1C. The van der Waals surface area contributed by atoms with Crippen LogP contribution in [-0.2, 0) is 0 Å². The van der Waals surface area contributed by atoms with Crippen molar-refractivity contribution >= 4 is 17.2 Å². The summed E-state index contributed by atoms with van der Waals surface area (Å²) in [6.07, 6.45) is 2.12. The van der Waals surface area contributed by atoms with Gasteiger partial charge in [-0.1, -0.05) is 6.92 Å². The topological polar surface area (TPSA) is 46.3 Å². The van der Waals surface area contributed by atoms with Crippen LogP contribution in [-0.4, -0.2) is 29.9 Å². The maximum Gasteiger partial charge on any atom is 0.264 e. The highest BCUT2D eigenvalue weighted by atomic mass is 32.1. The molecule has 1 saturated heterocycles. The molecule has 2 rings (SSSR count). The summed E-state index contributed by atoms with van der Waals surface area (Å²) in [5.74, 6) is 0.841. The molecule has 2 atom stereocenters. The number of amides is 1. The highest BCUT2D eigenvalue weighted by molar-refractivity contribution is 7.14. The Hall–Kier alpha value is -0.870. The molecule has 1 aliphatic heterocycles. The minimum absolute atomic E-state index is 0.165. The van der Waals surface area contributed by atoms with Gasteiger partial charge in [0.05, 0.1) is 4.88 Å². The molecule has 1 aromatic heterocycles. The molecule has 18 heavy (non-hydrogen) atoms. The average molecular weight is 266 g/mol. The third kappa shape index (κ3) is 2.59. The van der Waals surface area contributed by atoms with E-state index in [1.165, 1.54) is 10.4 Å². The van der Waals surface area contributed by atoms with Crippen LogP contribution in [0, 0.1) is 19.8 Å². The lowest BCUT2D eigenvalue weighted by atomic mass is 9.92. The number of thiophene rings is 1. The molecular formula is C14H22N2OS. The second-order valence-corrected chi connectivity index (χ2v) is 6.62. The third-order valence-electron chi connectivity index (χ3n) is 3.89. The molecule has 2 heterocycles. The molecule has 1 amide bonds. The van der Waals surface area contributed by atoms with Gasteiger partial charge in [-0.3, -0.25) is 4.79 Å². The number of rotatable bonds is 2. The van der Waals surface area contributed by atoms with Crippen molar-refractivity contribution in [1.29, 1.82) is 0 Å². The van der Waals surface area contributed by atoms with E-state index in [1.807, 2.05) is 11.0 Å². The number of aryl methyl sites for hydroxylation is 2. The van der Waals surface area contributed by atoms with E-state index in [1.54, 1.807) is 11.3 Å². The van der Waals surface area contributed by atoms with Crippen molar-refractivity contribution in [3.63, 3.8) is 0 Å². The molecule has 2 N–H and O–H groups in total. The zero-order valence-electron chi connectivity index (χ0n) is 11.4. The summed E-state index contributed by atoms with van der Waals surface area (Å²) in [4.78, 5) is 16.6. The normalized spacial score (nSPS) is 24.3. The number of likely N-dealkylation sites (tertiary alicyclic amines) is 1. The average Bonchev–Trinajstić information content (AvgIpc) is 2.68. The smallest absolute Gasteiger partial charge is 0.264 e. The van der Waals surface area contributed by atoms with E-state index in [4.69, 9.17) is 5.73 Å². The first-order valence-corrected chi connectivity index (χ1v) is 7.42. The van der Waals surface area contributed by atoms with Gasteiger partial charge in [-0.15, -0.1) is 11.3 Å². The monoisotopic (exact) mass is 266 g/mol. The van der Waals surface area contributed by atoms with Crippen molar-refractivity contribution in [2.45, 2.75) is 39.7 Å². The molecule has 100 valence electrons. The summed E-state index contributed by atoms with van der Waals surface area (Å²) in [7, 11) is 0. The van der Waals surface area contributed by atoms with Gasteiger partial charge in [-0.2, -0.15) is 0 Å². The highest BCUT2D eigenvalue weighted by Crippen LogP contribution is 2.27. The van der Waals surface area contributed by atoms with Crippen LogP contribution < -0.4 is 5.73 Å². The van der Waals surface area contributed by atoms with E-state index in [9.17, 15) is 4.79 Å². The highest BCUT2D eigenvalue weighted by Gasteiger charge is 2.30. The fraction of sp³-hybridized carbons (Fsp3) is 0.643. The molecule has 2 unspecified atom stereocenters. The minimum Gasteiger partial charge on any atom is -0.334 e. The Morgan fingerprint density at radius 3 is 2.83 bits per heavy atom. The molecular weight excluding hydrogens is 244 g/mol. The zero-order valence-corrected chi connectivity index (χ0v) is 12.2. The van der Waals surface area contributed by atoms with Gasteiger partial charge in [0.25, 0.3) is 5.91 Å². The van der Waals surface area contributed by atoms with Crippen molar-refractivity contribution in [3.8, 4) is 0 Å². The molecule has 1 fully saturated rings. The second kappa shape index (κ2) is 5.41. The van der Waals surface area contributed by atoms with Gasteiger partial charge in [0, 0.05) is 24.0 Å². The lowest BCUT2D eigenvalue weighted by Crippen LogP contribution is -2.49. The fourth-order valence-electron chi connectivity index (χ4n) is 2.56. The predicted octanol–water partition coefficient (Wildman–Crippen LogP) is 2.56. The number of nitrogens with zero attached hydrogens (tertiary/aromatic N) is 1. The maximum absolute atomic E-state index is 12.5. The van der Waals surface area contributed by atoms with Gasteiger partial charge in [0.2, 0.25) is 0 Å². The molecule has 0 radical (unpaired) electrons. The summed E-state index contributed by atoms with van der Waals surface area (Å²) < 4.78 is 0. The van der Waals surface area contributed by atoms with Crippen molar-refractivity contribution < 1.29 is 4.79 Å². The molecule has 0 bridgehead atoms. The number of hydrogen-bond donors (Lipinski definition) is 1. The van der Waals surface area contributed by atoms with Gasteiger partial charge < -0.3 is 10.6 Å². The molecule has 4 heteroatoms. The zero-order chi connectivity index (χ0) is 13.3. The molecule has 0 spiro atoms. The number of carbonyl (C=O) groups is 1. The predicted molar refractivity (Wildman–Crippen MR) is 76.1 cm³/mol. The first-order valence-electron chi connectivity index (χ1n) is 6.61. The molecule has 1 aromatic rings. The van der Waals surface area contributed by atoms with E-state index in [0.717, 1.165) is 24.3 Å². The van der Waals surface area contributed by atoms with Crippen LogP contribution in [0.1, 0.15) is 39.9 Å². The molecule has 0 aliphatic carbocycles. The summed E-state index contributed by atoms with van der Waals surface area (Å²) in [6.45, 7) is 7.78. The van der Waals surface area contributed by atoms with E-state index in [2.05, 4.69) is 20.8 Å². The molecule has 1 aliphatic rings. The Morgan fingerprint density at radius 2 is 2.28 bits per heavy atom. The van der Waals surface area contributed by atoms with Crippen LogP contribution in [0.25, 0.3) is 0 Å². The van der Waals surface area contributed by atoms with Gasteiger partial charge in [0.15, 0.2) is 0 Å². The Labute approximate surface area is 113 Å². The summed E-state index contributed by atoms with van der Waals surface area (Å²) in [5.41, 5.74) is 7.02. The van der Waals surface area contributed by atoms with E-state index in [-0.39, 0.29) is 11.9 Å². The minimum atomic E-state index is 0.165. The second-order valence-electron chi connectivity index (χ2n) is 5.37. The fourth-order valence-corrected chi connectivity index (χ4v) is 3.55. The van der Waals surface area contributed by atoms with Gasteiger partial charge in [0.1, 0.15) is 0 Å². The quantitative estimate of drug-likeness (QED) is 0.894. The molecule has 0 saturated carbocycles. The number of piperidine rings is 1. The van der Waals surface area contributed by atoms with Crippen molar-refractivity contribution in [2.75, 3.05) is 13.1 Å². The van der Waals surface area contributed by atoms with Gasteiger partial charge >= 0.3 is 0 Å². The van der Waals surface area contributed by atoms with Crippen molar-refractivity contribution in [1.82, 2.24) is 4.90 Å². The van der Waals surface area contributed by atoms with Crippen molar-refractivity contribution in [3.05, 3.63) is 21.4 Å². The van der Waals surface area contributed by atoms with Crippen molar-refractivity contribution in [2.24, 2.45) is 11.7 Å². The van der Waals surface area contributed by atoms with Gasteiger partial charge in [-0.25, -0.2) is 0 Å². The van der Waals surface area contributed by atoms with Crippen LogP contribution in [0.15, 0.2) is 6.07 Å². The standard InChI is InChI=1S/C14H22N2OS/c1-9-4-5-16(12(6-9)8-15)14(17)13-7-10(2)11(3)18-13/h7,9,12H,4-6,8,15H2,1-3H3. The van der Waals surface area contributed by atoms with Crippen LogP contribution in [0.3, 0.4) is 0 Å². The number of nitrogens with two attached hydrogens (primary N) is 1. The summed E-state index contributed by atoms with van der Waals surface area (Å²) >= 11 is 1.60. The van der Waals surface area contributed by atoms with Crippen LogP contribution in [0.2, 0.25) is 0 Å². The van der Waals surface area contributed by atoms with E-state index < -0.39 is 0 Å². The Bertz CT molecular complexity index is 422. The van der Waals surface area contributed by atoms with Gasteiger partial charge in [-0.05, 0) is 44.2 Å². The van der Waals surface area contributed by atoms with Crippen LogP contribution >= 0.6 is 11.3 Å². The Morgan fingerprint density at radius 1 is 1.56 bits per heavy atom. The molecule has 3 nitrogen and oxygen atoms in total. The molecule has 0 aromatic carbocycles.